The largest absolute Gasteiger partial charge is 0.395 e. The van der Waals surface area contributed by atoms with E-state index in [1.165, 1.54) is 35.5 Å². The maximum Gasteiger partial charge on any atom is 0.0558 e. The second-order valence-corrected chi connectivity index (χ2v) is 15.2. The molecule has 2 N–H and O–H groups in total. The summed E-state index contributed by atoms with van der Waals surface area (Å²) in [6.07, 6.45) is 2.48. The summed E-state index contributed by atoms with van der Waals surface area (Å²) in [4.78, 5) is 0. The zero-order chi connectivity index (χ0) is 19.6. The quantitative estimate of drug-likeness (QED) is 0.381. The van der Waals surface area contributed by atoms with E-state index in [1.54, 1.807) is 0 Å². The molecule has 2 heterocycles. The van der Waals surface area contributed by atoms with Crippen LogP contribution in [-0.2, 0) is 11.5 Å². The Balaban J connectivity index is 1.23. The van der Waals surface area contributed by atoms with Gasteiger partial charge in [0.25, 0.3) is 0 Å². The van der Waals surface area contributed by atoms with Crippen LogP contribution in [0.5, 0.6) is 0 Å². The minimum Gasteiger partial charge on any atom is -0.395 e. The highest BCUT2D eigenvalue weighted by Gasteiger charge is 2.25. The van der Waals surface area contributed by atoms with E-state index in [1.807, 2.05) is 70.6 Å². The van der Waals surface area contributed by atoms with Crippen LogP contribution in [0.3, 0.4) is 0 Å². The predicted octanol–water partition coefficient (Wildman–Crippen LogP) is 5.27. The Morgan fingerprint density at radius 3 is 1.54 bits per heavy atom. The summed E-state index contributed by atoms with van der Waals surface area (Å²) in [5, 5.41) is 19.3. The molecule has 8 heteroatoms. The first-order valence-corrected chi connectivity index (χ1v) is 16.0. The Morgan fingerprint density at radius 2 is 1.18 bits per heavy atom. The Hall–Kier alpha value is 1.24. The summed E-state index contributed by atoms with van der Waals surface area (Å²) >= 11 is 12.0. The number of hydrogen-bond donors (Lipinski definition) is 2. The maximum absolute atomic E-state index is 9.21. The first-order chi connectivity index (χ1) is 13.8. The molecule has 0 amide bonds. The molecule has 28 heavy (non-hydrogen) atoms. The van der Waals surface area contributed by atoms with E-state index < -0.39 is 0 Å². The van der Waals surface area contributed by atoms with Crippen molar-refractivity contribution in [3.63, 3.8) is 0 Å². The van der Waals surface area contributed by atoms with E-state index in [4.69, 9.17) is 0 Å². The fourth-order valence-corrected chi connectivity index (χ4v) is 11.8. The van der Waals surface area contributed by atoms with Crippen molar-refractivity contribution in [2.45, 2.75) is 44.0 Å². The van der Waals surface area contributed by atoms with Crippen LogP contribution in [0.15, 0.2) is 24.3 Å². The molecular weight excluding hydrogens is 465 g/mol. The van der Waals surface area contributed by atoms with E-state index in [9.17, 15) is 10.2 Å². The Labute approximate surface area is 195 Å². The minimum atomic E-state index is 0.328. The minimum absolute atomic E-state index is 0.328. The van der Waals surface area contributed by atoms with Gasteiger partial charge in [0, 0.05) is 33.5 Å². The first-order valence-electron chi connectivity index (χ1n) is 9.76. The van der Waals surface area contributed by atoms with Gasteiger partial charge in [0.05, 0.1) is 22.4 Å². The maximum atomic E-state index is 9.21. The number of rotatable bonds is 12. The van der Waals surface area contributed by atoms with Crippen LogP contribution in [0, 0.1) is 0 Å². The lowest BCUT2D eigenvalue weighted by atomic mass is 10.2. The molecule has 0 spiro atoms. The van der Waals surface area contributed by atoms with Crippen LogP contribution >= 0.6 is 70.6 Å². The molecule has 2 saturated heterocycles. The highest BCUT2D eigenvalue weighted by Crippen LogP contribution is 2.41. The average molecular weight is 495 g/mol. The average Bonchev–Trinajstić information content (AvgIpc) is 3.38. The first kappa shape index (κ1) is 23.9. The summed E-state index contributed by atoms with van der Waals surface area (Å²) in [5.74, 6) is 6.82. The number of aliphatic hydroxyl groups excluding tert-OH is 2. The molecule has 4 atom stereocenters. The molecule has 1 aromatic carbocycles. The molecule has 1 aromatic rings. The summed E-state index contributed by atoms with van der Waals surface area (Å²) in [7, 11) is 0. The monoisotopic (exact) mass is 494 g/mol. The molecular formula is C20H30O2S6. The van der Waals surface area contributed by atoms with E-state index in [2.05, 4.69) is 24.3 Å². The third-order valence-corrected chi connectivity index (χ3v) is 13.5. The van der Waals surface area contributed by atoms with Crippen molar-refractivity contribution >= 4 is 70.6 Å². The van der Waals surface area contributed by atoms with Gasteiger partial charge in [-0.1, -0.05) is 24.3 Å². The van der Waals surface area contributed by atoms with Gasteiger partial charge in [-0.2, -0.15) is 23.5 Å². The van der Waals surface area contributed by atoms with Crippen LogP contribution < -0.4 is 0 Å². The lowest BCUT2D eigenvalue weighted by molar-refractivity contribution is 0.301. The lowest BCUT2D eigenvalue weighted by Gasteiger charge is -2.09. The molecule has 2 fully saturated rings. The number of thioether (sulfide) groups is 6. The molecule has 0 radical (unpaired) electrons. The second-order valence-electron chi connectivity index (χ2n) is 6.91. The highest BCUT2D eigenvalue weighted by atomic mass is 32.2. The Morgan fingerprint density at radius 1 is 0.750 bits per heavy atom. The van der Waals surface area contributed by atoms with Crippen LogP contribution in [0.1, 0.15) is 24.0 Å². The highest BCUT2D eigenvalue weighted by molar-refractivity contribution is 8.21. The lowest BCUT2D eigenvalue weighted by Crippen LogP contribution is -2.06. The van der Waals surface area contributed by atoms with Gasteiger partial charge in [-0.25, -0.2) is 0 Å². The zero-order valence-electron chi connectivity index (χ0n) is 16.0. The summed E-state index contributed by atoms with van der Waals surface area (Å²) in [6, 6.07) is 9.16. The van der Waals surface area contributed by atoms with Gasteiger partial charge in [-0.3, -0.25) is 0 Å². The molecule has 0 aliphatic carbocycles. The third-order valence-electron chi connectivity index (χ3n) is 4.59. The molecule has 0 saturated carbocycles. The van der Waals surface area contributed by atoms with E-state index in [-0.39, 0.29) is 0 Å². The normalized spacial score (nSPS) is 27.5. The number of aliphatic hydroxyl groups is 2. The van der Waals surface area contributed by atoms with Gasteiger partial charge in [0.1, 0.15) is 0 Å². The van der Waals surface area contributed by atoms with Gasteiger partial charge in [-0.15, -0.1) is 47.0 Å². The smallest absolute Gasteiger partial charge is 0.0558 e. The molecule has 0 bridgehead atoms. The van der Waals surface area contributed by atoms with Crippen LogP contribution in [0.2, 0.25) is 0 Å². The Bertz CT molecular complexity index is 509. The van der Waals surface area contributed by atoms with Crippen molar-refractivity contribution in [1.82, 2.24) is 0 Å². The second kappa shape index (κ2) is 13.6. The molecule has 3 rings (SSSR count). The molecule has 2 aliphatic rings. The predicted molar refractivity (Wildman–Crippen MR) is 137 cm³/mol. The van der Waals surface area contributed by atoms with Crippen molar-refractivity contribution in [3.05, 3.63) is 35.4 Å². The third kappa shape index (κ3) is 8.40. The molecule has 4 unspecified atom stereocenters. The standard InChI is InChI=1S/C20H30O2S6/c21-9-17-13-25-19(27-17)5-7-23-11-15-1-2-16(4-3-15)12-24-8-6-20-26-14-18(10-22)28-20/h1-4,17-22H,5-14H2. The SMILES string of the molecule is OCC1CSC(CCSCc2ccc(CSCCC3SCC(CO)S3)cc2)S1. The van der Waals surface area contributed by atoms with Gasteiger partial charge < -0.3 is 10.2 Å². The van der Waals surface area contributed by atoms with Gasteiger partial charge >= 0.3 is 0 Å². The van der Waals surface area contributed by atoms with Crippen molar-refractivity contribution < 1.29 is 10.2 Å². The van der Waals surface area contributed by atoms with Gasteiger partial charge in [-0.05, 0) is 35.5 Å². The molecule has 2 aliphatic heterocycles. The summed E-state index contributed by atoms with van der Waals surface area (Å²) < 4.78 is 1.36. The zero-order valence-corrected chi connectivity index (χ0v) is 20.9. The fourth-order valence-electron chi connectivity index (χ4n) is 2.98. The van der Waals surface area contributed by atoms with Crippen molar-refractivity contribution in [3.8, 4) is 0 Å². The van der Waals surface area contributed by atoms with Crippen molar-refractivity contribution in [1.29, 1.82) is 0 Å². The van der Waals surface area contributed by atoms with Crippen LogP contribution in [-0.4, -0.2) is 66.1 Å². The molecule has 158 valence electrons. The number of hydrogen-bond acceptors (Lipinski definition) is 8. The molecule has 2 nitrogen and oxygen atoms in total. The van der Waals surface area contributed by atoms with E-state index in [0.717, 1.165) is 23.0 Å². The summed E-state index contributed by atoms with van der Waals surface area (Å²) in [6.45, 7) is 0.656. The van der Waals surface area contributed by atoms with Crippen molar-refractivity contribution in [2.24, 2.45) is 0 Å². The van der Waals surface area contributed by atoms with Crippen LogP contribution in [0.25, 0.3) is 0 Å². The van der Waals surface area contributed by atoms with Crippen LogP contribution in [0.4, 0.5) is 0 Å². The Kier molecular flexibility index (Phi) is 11.6. The van der Waals surface area contributed by atoms with Gasteiger partial charge in [0.15, 0.2) is 0 Å². The molecule has 0 aromatic heterocycles. The van der Waals surface area contributed by atoms with Gasteiger partial charge in [0.2, 0.25) is 0 Å². The summed E-state index contributed by atoms with van der Waals surface area (Å²) in [5.41, 5.74) is 2.85. The van der Waals surface area contributed by atoms with Crippen molar-refractivity contribution in [2.75, 3.05) is 36.2 Å². The van der Waals surface area contributed by atoms with E-state index >= 15 is 0 Å². The van der Waals surface area contributed by atoms with E-state index in [0.29, 0.717) is 32.9 Å². The topological polar surface area (TPSA) is 40.5 Å². The number of benzene rings is 1. The fraction of sp³-hybridized carbons (Fsp3) is 0.700.